The Labute approximate surface area is 142 Å². The molecule has 4 nitrogen and oxygen atoms in total. The van der Waals surface area contributed by atoms with Gasteiger partial charge in [-0.15, -0.1) is 0 Å². The number of carbonyl (C=O) groups excluding carboxylic acids is 1. The Balaban J connectivity index is 3.26. The van der Waals surface area contributed by atoms with Crippen LogP contribution in [0.1, 0.15) is 96.8 Å². The number of carbonyl (C=O) groups is 1. The van der Waals surface area contributed by atoms with Crippen LogP contribution in [0.2, 0.25) is 0 Å². The molecule has 0 heterocycles. The van der Waals surface area contributed by atoms with E-state index in [1.807, 2.05) is 0 Å². The van der Waals surface area contributed by atoms with Crippen molar-refractivity contribution in [3.05, 3.63) is 0 Å². The molecule has 0 aliphatic heterocycles. The molecule has 0 rings (SSSR count). The summed E-state index contributed by atoms with van der Waals surface area (Å²) < 4.78 is 0. The van der Waals surface area contributed by atoms with E-state index in [4.69, 9.17) is 5.11 Å². The second-order valence-corrected chi connectivity index (χ2v) is 6.65. The van der Waals surface area contributed by atoms with Gasteiger partial charge in [-0.25, -0.2) is 0 Å². The summed E-state index contributed by atoms with van der Waals surface area (Å²) in [7, 11) is 0. The Morgan fingerprint density at radius 2 is 1.13 bits per heavy atom. The molecule has 0 radical (unpaired) electrons. The first-order valence-corrected chi connectivity index (χ1v) is 9.63. The lowest BCUT2D eigenvalue weighted by atomic mass is 10.0. The van der Waals surface area contributed by atoms with Crippen LogP contribution in [-0.4, -0.2) is 39.9 Å². The van der Waals surface area contributed by atoms with E-state index in [2.05, 4.69) is 6.92 Å². The standard InChI is InChI=1S/C19H38O4/c1-2-3-4-5-6-7-8-9-10-11-12-13-14-15-17(21)19(23)18(22)16-20/h18-20,22-23H,2-16H2,1H3/t18?,19-/m0/s1. The topological polar surface area (TPSA) is 77.8 Å². The van der Waals surface area contributed by atoms with Gasteiger partial charge in [-0.05, 0) is 6.42 Å². The van der Waals surface area contributed by atoms with Crippen LogP contribution in [0.15, 0.2) is 0 Å². The van der Waals surface area contributed by atoms with E-state index in [-0.39, 0.29) is 12.2 Å². The van der Waals surface area contributed by atoms with Crippen LogP contribution in [0.25, 0.3) is 0 Å². The summed E-state index contributed by atoms with van der Waals surface area (Å²) >= 11 is 0. The number of hydrogen-bond acceptors (Lipinski definition) is 4. The first-order chi connectivity index (χ1) is 11.1. The fourth-order valence-corrected chi connectivity index (χ4v) is 2.78. The molecule has 1 unspecified atom stereocenters. The molecule has 3 N–H and O–H groups in total. The highest BCUT2D eigenvalue weighted by molar-refractivity contribution is 5.83. The maximum absolute atomic E-state index is 11.5. The number of hydrogen-bond donors (Lipinski definition) is 3. The number of Topliss-reactive ketones (excluding diaryl/α,β-unsaturated/α-hetero) is 1. The number of rotatable bonds is 17. The fraction of sp³-hybridized carbons (Fsp3) is 0.947. The smallest absolute Gasteiger partial charge is 0.164 e. The molecule has 0 aliphatic rings. The van der Waals surface area contributed by atoms with E-state index < -0.39 is 18.8 Å². The zero-order valence-corrected chi connectivity index (χ0v) is 15.0. The van der Waals surface area contributed by atoms with Crippen molar-refractivity contribution < 1.29 is 20.1 Å². The van der Waals surface area contributed by atoms with Gasteiger partial charge in [0.1, 0.15) is 12.2 Å². The Hall–Kier alpha value is -0.450. The van der Waals surface area contributed by atoms with Gasteiger partial charge in [0.25, 0.3) is 0 Å². The zero-order chi connectivity index (χ0) is 17.3. The molecule has 0 fully saturated rings. The summed E-state index contributed by atoms with van der Waals surface area (Å²) in [6.45, 7) is 1.67. The fourth-order valence-electron chi connectivity index (χ4n) is 2.78. The average Bonchev–Trinajstić information content (AvgIpc) is 2.57. The number of aliphatic hydroxyl groups is 3. The van der Waals surface area contributed by atoms with Crippen LogP contribution in [0.5, 0.6) is 0 Å². The van der Waals surface area contributed by atoms with Crippen molar-refractivity contribution in [3.8, 4) is 0 Å². The highest BCUT2D eigenvalue weighted by atomic mass is 16.4. The van der Waals surface area contributed by atoms with Gasteiger partial charge in [-0.2, -0.15) is 0 Å². The van der Waals surface area contributed by atoms with Gasteiger partial charge in [-0.3, -0.25) is 4.79 Å². The van der Waals surface area contributed by atoms with Crippen molar-refractivity contribution in [2.75, 3.05) is 6.61 Å². The van der Waals surface area contributed by atoms with Crippen LogP contribution in [-0.2, 0) is 4.79 Å². The SMILES string of the molecule is CCCCCCCCCCCCCCCC(=O)[C@H](O)C(O)CO. The molecule has 2 atom stereocenters. The van der Waals surface area contributed by atoms with Crippen LogP contribution in [0.4, 0.5) is 0 Å². The third kappa shape index (κ3) is 13.7. The number of ketones is 1. The normalized spacial score (nSPS) is 13.9. The van der Waals surface area contributed by atoms with Gasteiger partial charge in [0.2, 0.25) is 0 Å². The van der Waals surface area contributed by atoms with Gasteiger partial charge in [0.05, 0.1) is 6.61 Å². The molecule has 0 saturated carbocycles. The molecule has 23 heavy (non-hydrogen) atoms. The molecule has 0 bridgehead atoms. The van der Waals surface area contributed by atoms with Crippen LogP contribution < -0.4 is 0 Å². The molecule has 4 heteroatoms. The summed E-state index contributed by atoms with van der Waals surface area (Å²) in [4.78, 5) is 11.5. The Morgan fingerprint density at radius 3 is 1.52 bits per heavy atom. The van der Waals surface area contributed by atoms with E-state index in [0.717, 1.165) is 19.3 Å². The van der Waals surface area contributed by atoms with Gasteiger partial charge in [0.15, 0.2) is 5.78 Å². The first-order valence-electron chi connectivity index (χ1n) is 9.63. The molecular formula is C19H38O4. The van der Waals surface area contributed by atoms with Gasteiger partial charge >= 0.3 is 0 Å². The minimum Gasteiger partial charge on any atom is -0.394 e. The molecule has 0 spiro atoms. The van der Waals surface area contributed by atoms with Crippen molar-refractivity contribution in [1.82, 2.24) is 0 Å². The predicted octanol–water partition coefficient (Wildman–Crippen LogP) is 3.75. The number of unbranched alkanes of at least 4 members (excludes halogenated alkanes) is 12. The summed E-state index contributed by atoms with van der Waals surface area (Å²) in [5.41, 5.74) is 0. The lowest BCUT2D eigenvalue weighted by Crippen LogP contribution is -2.36. The Kier molecular flexibility index (Phi) is 16.1. The van der Waals surface area contributed by atoms with E-state index in [0.29, 0.717) is 0 Å². The highest BCUT2D eigenvalue weighted by Gasteiger charge is 2.22. The zero-order valence-electron chi connectivity index (χ0n) is 15.0. The number of aliphatic hydroxyl groups excluding tert-OH is 3. The molecule has 0 aromatic rings. The molecule has 0 aliphatic carbocycles. The lowest BCUT2D eigenvalue weighted by molar-refractivity contribution is -0.134. The molecule has 0 aromatic heterocycles. The van der Waals surface area contributed by atoms with Crippen LogP contribution in [0, 0.1) is 0 Å². The Bertz CT molecular complexity index is 268. The monoisotopic (exact) mass is 330 g/mol. The third-order valence-electron chi connectivity index (χ3n) is 4.41. The quantitative estimate of drug-likeness (QED) is 0.355. The summed E-state index contributed by atoms with van der Waals surface area (Å²) in [6, 6.07) is 0. The second kappa shape index (κ2) is 16.4. The Morgan fingerprint density at radius 1 is 0.739 bits per heavy atom. The highest BCUT2D eigenvalue weighted by Crippen LogP contribution is 2.13. The summed E-state index contributed by atoms with van der Waals surface area (Å²) in [5, 5.41) is 27.3. The molecule has 0 saturated heterocycles. The van der Waals surface area contributed by atoms with Crippen molar-refractivity contribution in [2.45, 2.75) is 109 Å². The predicted molar refractivity (Wildman–Crippen MR) is 94.4 cm³/mol. The first kappa shape index (κ1) is 22.6. The maximum Gasteiger partial charge on any atom is 0.164 e. The van der Waals surface area contributed by atoms with E-state index in [1.54, 1.807) is 0 Å². The van der Waals surface area contributed by atoms with Crippen molar-refractivity contribution in [3.63, 3.8) is 0 Å². The summed E-state index contributed by atoms with van der Waals surface area (Å²) in [6.07, 6.45) is 13.7. The van der Waals surface area contributed by atoms with E-state index in [9.17, 15) is 15.0 Å². The third-order valence-corrected chi connectivity index (χ3v) is 4.41. The maximum atomic E-state index is 11.5. The lowest BCUT2D eigenvalue weighted by Gasteiger charge is -2.13. The van der Waals surface area contributed by atoms with Gasteiger partial charge in [0, 0.05) is 6.42 Å². The van der Waals surface area contributed by atoms with Gasteiger partial charge in [-0.1, -0.05) is 84.0 Å². The van der Waals surface area contributed by atoms with Crippen molar-refractivity contribution >= 4 is 5.78 Å². The van der Waals surface area contributed by atoms with Crippen molar-refractivity contribution in [2.24, 2.45) is 0 Å². The largest absolute Gasteiger partial charge is 0.394 e. The molecule has 138 valence electrons. The van der Waals surface area contributed by atoms with E-state index >= 15 is 0 Å². The van der Waals surface area contributed by atoms with Crippen LogP contribution >= 0.6 is 0 Å². The summed E-state index contributed by atoms with van der Waals surface area (Å²) in [5.74, 6) is -0.366. The van der Waals surface area contributed by atoms with Crippen LogP contribution in [0.3, 0.4) is 0 Å². The minimum atomic E-state index is -1.43. The second-order valence-electron chi connectivity index (χ2n) is 6.65. The average molecular weight is 331 g/mol. The minimum absolute atomic E-state index is 0.288. The molecular weight excluding hydrogens is 292 g/mol. The molecule has 0 aromatic carbocycles. The molecule has 0 amide bonds. The van der Waals surface area contributed by atoms with Gasteiger partial charge < -0.3 is 15.3 Å². The van der Waals surface area contributed by atoms with Crippen molar-refractivity contribution in [1.29, 1.82) is 0 Å². The van der Waals surface area contributed by atoms with E-state index in [1.165, 1.54) is 64.2 Å².